The Labute approximate surface area is 151 Å². The van der Waals surface area contributed by atoms with Gasteiger partial charge in [-0.2, -0.15) is 0 Å². The van der Waals surface area contributed by atoms with E-state index in [0.29, 0.717) is 11.7 Å². The van der Waals surface area contributed by atoms with Crippen molar-refractivity contribution in [3.63, 3.8) is 0 Å². The molecule has 0 fully saturated rings. The fourth-order valence-electron chi connectivity index (χ4n) is 2.24. The Bertz CT molecular complexity index is 628. The van der Waals surface area contributed by atoms with Crippen LogP contribution in [0.1, 0.15) is 31.9 Å². The van der Waals surface area contributed by atoms with Crippen LogP contribution in [0.25, 0.3) is 0 Å². The third-order valence-electron chi connectivity index (χ3n) is 3.41. The van der Waals surface area contributed by atoms with Crippen LogP contribution in [-0.2, 0) is 0 Å². The maximum Gasteiger partial charge on any atom is 0.171 e. The lowest BCUT2D eigenvalue weighted by molar-refractivity contribution is 0.340. The second-order valence-electron chi connectivity index (χ2n) is 5.07. The van der Waals surface area contributed by atoms with Gasteiger partial charge in [-0.1, -0.05) is 35.0 Å². The van der Waals surface area contributed by atoms with Crippen molar-refractivity contribution in [1.29, 1.82) is 0 Å². The van der Waals surface area contributed by atoms with Gasteiger partial charge in [-0.05, 0) is 67.5 Å². The lowest BCUT2D eigenvalue weighted by Gasteiger charge is -2.20. The number of hydrogen-bond acceptors (Lipinski definition) is 2. The van der Waals surface area contributed by atoms with Gasteiger partial charge >= 0.3 is 0 Å². The van der Waals surface area contributed by atoms with E-state index >= 15 is 0 Å². The summed E-state index contributed by atoms with van der Waals surface area (Å²) in [5, 5.41) is 7.19. The molecule has 1 atom stereocenters. The molecule has 2 aromatic rings. The van der Waals surface area contributed by atoms with E-state index in [1.165, 1.54) is 5.56 Å². The molecule has 0 aliphatic carbocycles. The minimum Gasteiger partial charge on any atom is -0.494 e. The van der Waals surface area contributed by atoms with Crippen LogP contribution in [0.2, 0.25) is 0 Å². The van der Waals surface area contributed by atoms with Gasteiger partial charge in [-0.25, -0.2) is 0 Å². The first-order chi connectivity index (χ1) is 11.1. The molecule has 0 radical (unpaired) electrons. The lowest BCUT2D eigenvalue weighted by Crippen LogP contribution is -2.32. The Kier molecular flexibility index (Phi) is 6.86. The average Bonchev–Trinajstić information content (AvgIpc) is 2.56. The number of anilines is 1. The number of halogens is 1. The maximum absolute atomic E-state index is 5.44. The van der Waals surface area contributed by atoms with Gasteiger partial charge in [0.2, 0.25) is 0 Å². The fourth-order valence-corrected chi connectivity index (χ4v) is 2.77. The van der Waals surface area contributed by atoms with Crippen molar-refractivity contribution >= 4 is 38.9 Å². The van der Waals surface area contributed by atoms with Gasteiger partial charge < -0.3 is 15.4 Å². The summed E-state index contributed by atoms with van der Waals surface area (Å²) in [6.07, 6.45) is 0.951. The van der Waals surface area contributed by atoms with Crippen LogP contribution < -0.4 is 15.4 Å². The predicted molar refractivity (Wildman–Crippen MR) is 104 cm³/mol. The Balaban J connectivity index is 1.95. The van der Waals surface area contributed by atoms with E-state index in [4.69, 9.17) is 17.0 Å². The monoisotopic (exact) mass is 392 g/mol. The average molecular weight is 393 g/mol. The summed E-state index contributed by atoms with van der Waals surface area (Å²) >= 11 is 8.89. The summed E-state index contributed by atoms with van der Waals surface area (Å²) in [6, 6.07) is 16.3. The van der Waals surface area contributed by atoms with Crippen LogP contribution in [0.15, 0.2) is 53.0 Å². The topological polar surface area (TPSA) is 33.3 Å². The molecule has 0 heterocycles. The van der Waals surface area contributed by atoms with Gasteiger partial charge in [0.1, 0.15) is 5.75 Å². The molecule has 3 nitrogen and oxygen atoms in total. The van der Waals surface area contributed by atoms with E-state index in [1.54, 1.807) is 0 Å². The van der Waals surface area contributed by atoms with E-state index < -0.39 is 0 Å². The van der Waals surface area contributed by atoms with Crippen molar-refractivity contribution in [2.24, 2.45) is 0 Å². The molecular formula is C18H21BrN2OS. The smallest absolute Gasteiger partial charge is 0.171 e. The van der Waals surface area contributed by atoms with Crippen LogP contribution >= 0.6 is 28.1 Å². The highest BCUT2D eigenvalue weighted by Gasteiger charge is 2.10. The molecule has 23 heavy (non-hydrogen) atoms. The molecule has 0 aliphatic heterocycles. The zero-order valence-corrected chi connectivity index (χ0v) is 15.7. The molecule has 0 aromatic heterocycles. The minimum atomic E-state index is 0.186. The van der Waals surface area contributed by atoms with Gasteiger partial charge in [0.05, 0.1) is 12.6 Å². The summed E-state index contributed by atoms with van der Waals surface area (Å²) in [7, 11) is 0. The SMILES string of the molecule is CCOc1ccc(NC(=S)N[C@@H](CC)c2ccc(Br)cc2)cc1. The van der Waals surface area contributed by atoms with Crippen LogP contribution in [0, 0.1) is 0 Å². The highest BCUT2D eigenvalue weighted by Crippen LogP contribution is 2.20. The summed E-state index contributed by atoms with van der Waals surface area (Å²) in [6.45, 7) is 4.77. The molecule has 2 N–H and O–H groups in total. The van der Waals surface area contributed by atoms with Crippen LogP contribution in [0.4, 0.5) is 5.69 Å². The number of nitrogens with one attached hydrogen (secondary N) is 2. The van der Waals surface area contributed by atoms with E-state index in [2.05, 4.69) is 45.6 Å². The van der Waals surface area contributed by atoms with Crippen LogP contribution in [0.5, 0.6) is 5.75 Å². The third-order valence-corrected chi connectivity index (χ3v) is 4.16. The van der Waals surface area contributed by atoms with Gasteiger partial charge in [-0.15, -0.1) is 0 Å². The van der Waals surface area contributed by atoms with Gasteiger partial charge in [-0.3, -0.25) is 0 Å². The van der Waals surface area contributed by atoms with Crippen molar-refractivity contribution in [1.82, 2.24) is 5.32 Å². The first-order valence-electron chi connectivity index (χ1n) is 7.68. The largest absolute Gasteiger partial charge is 0.494 e. The summed E-state index contributed by atoms with van der Waals surface area (Å²) in [4.78, 5) is 0. The third kappa shape index (κ3) is 5.52. The molecular weight excluding hydrogens is 372 g/mol. The lowest BCUT2D eigenvalue weighted by atomic mass is 10.1. The second-order valence-corrected chi connectivity index (χ2v) is 6.39. The van der Waals surface area contributed by atoms with Crippen molar-refractivity contribution in [3.8, 4) is 5.75 Å². The molecule has 0 spiro atoms. The molecule has 2 aromatic carbocycles. The maximum atomic E-state index is 5.44. The summed E-state index contributed by atoms with van der Waals surface area (Å²) in [5.74, 6) is 0.859. The van der Waals surface area contributed by atoms with Crippen LogP contribution in [-0.4, -0.2) is 11.7 Å². The molecule has 0 saturated carbocycles. The number of thiocarbonyl (C=S) groups is 1. The van der Waals surface area contributed by atoms with E-state index in [1.807, 2.05) is 43.3 Å². The van der Waals surface area contributed by atoms with Crippen molar-refractivity contribution in [2.45, 2.75) is 26.3 Å². The van der Waals surface area contributed by atoms with Gasteiger partial charge in [0.25, 0.3) is 0 Å². The zero-order valence-electron chi connectivity index (χ0n) is 13.3. The van der Waals surface area contributed by atoms with Crippen molar-refractivity contribution in [2.75, 3.05) is 11.9 Å². The number of benzene rings is 2. The molecule has 2 rings (SSSR count). The second kappa shape index (κ2) is 8.89. The number of rotatable bonds is 6. The quantitative estimate of drug-likeness (QED) is 0.654. The molecule has 122 valence electrons. The predicted octanol–water partition coefficient (Wildman–Crippen LogP) is 5.29. The Morgan fingerprint density at radius 1 is 1.09 bits per heavy atom. The molecule has 0 saturated heterocycles. The van der Waals surface area contributed by atoms with Gasteiger partial charge in [0, 0.05) is 10.2 Å². The number of hydrogen-bond donors (Lipinski definition) is 2. The van der Waals surface area contributed by atoms with E-state index in [-0.39, 0.29) is 6.04 Å². The highest BCUT2D eigenvalue weighted by atomic mass is 79.9. The normalized spacial score (nSPS) is 11.6. The first-order valence-corrected chi connectivity index (χ1v) is 8.88. The van der Waals surface area contributed by atoms with E-state index in [9.17, 15) is 0 Å². The Morgan fingerprint density at radius 3 is 2.30 bits per heavy atom. The van der Waals surface area contributed by atoms with E-state index in [0.717, 1.165) is 22.3 Å². The first kappa shape index (κ1) is 17.8. The standard InChI is InChI=1S/C18H21BrN2OS/c1-3-17(13-5-7-14(19)8-6-13)21-18(23)20-15-9-11-16(12-10-15)22-4-2/h5-12,17H,3-4H2,1-2H3,(H2,20,21,23)/t17-/m0/s1. The minimum absolute atomic E-state index is 0.186. The molecule has 0 aliphatic rings. The Morgan fingerprint density at radius 2 is 1.74 bits per heavy atom. The summed E-state index contributed by atoms with van der Waals surface area (Å²) in [5.41, 5.74) is 2.16. The molecule has 0 unspecified atom stereocenters. The Hall–Kier alpha value is -1.59. The van der Waals surface area contributed by atoms with Crippen molar-refractivity contribution < 1.29 is 4.74 Å². The van der Waals surface area contributed by atoms with Crippen molar-refractivity contribution in [3.05, 3.63) is 58.6 Å². The summed E-state index contributed by atoms with van der Waals surface area (Å²) < 4.78 is 6.51. The van der Waals surface area contributed by atoms with Crippen LogP contribution in [0.3, 0.4) is 0 Å². The highest BCUT2D eigenvalue weighted by molar-refractivity contribution is 9.10. The number of ether oxygens (including phenoxy) is 1. The van der Waals surface area contributed by atoms with Gasteiger partial charge in [0.15, 0.2) is 5.11 Å². The molecule has 5 heteroatoms. The molecule has 0 amide bonds. The fraction of sp³-hybridized carbons (Fsp3) is 0.278. The molecule has 0 bridgehead atoms. The zero-order chi connectivity index (χ0) is 16.7.